The summed E-state index contributed by atoms with van der Waals surface area (Å²) in [5, 5.41) is 12.0. The fourth-order valence-corrected chi connectivity index (χ4v) is 8.89. The molecule has 2 bridgehead atoms. The van der Waals surface area contributed by atoms with E-state index >= 15 is 0 Å². The van der Waals surface area contributed by atoms with Crippen molar-refractivity contribution in [2.75, 3.05) is 0 Å². The summed E-state index contributed by atoms with van der Waals surface area (Å²) in [6.45, 7) is 4.94. The van der Waals surface area contributed by atoms with Gasteiger partial charge >= 0.3 is 0 Å². The van der Waals surface area contributed by atoms with Gasteiger partial charge in [0.05, 0.1) is 11.6 Å². The zero-order chi connectivity index (χ0) is 32.0. The van der Waals surface area contributed by atoms with Crippen molar-refractivity contribution in [2.24, 2.45) is 17.8 Å². The molecule has 2 unspecified atom stereocenters. The topological polar surface area (TPSA) is 62.5 Å². The van der Waals surface area contributed by atoms with Crippen LogP contribution in [0.3, 0.4) is 0 Å². The molecule has 230 valence electrons. The summed E-state index contributed by atoms with van der Waals surface area (Å²) in [4.78, 5) is 14.6. The highest BCUT2D eigenvalue weighted by Gasteiger charge is 2.45. The van der Waals surface area contributed by atoms with E-state index in [4.69, 9.17) is 15.0 Å². The summed E-state index contributed by atoms with van der Waals surface area (Å²) in [6, 6.07) is 42.1. The van der Waals surface area contributed by atoms with Crippen LogP contribution in [0.2, 0.25) is 0 Å². The first kappa shape index (κ1) is 29.3. The SMILES string of the molecule is C[C@@H]1CC2C[C@H](C)CC(c3ccc(-c4ccc(-c5nc(-c6ccccc6)nc(-c6ccc(C#N)cc6)n5)cc4)c4ccccc34)(C2)C1. The van der Waals surface area contributed by atoms with E-state index in [1.54, 1.807) is 17.7 Å². The summed E-state index contributed by atoms with van der Waals surface area (Å²) < 4.78 is 0. The van der Waals surface area contributed by atoms with Gasteiger partial charge in [-0.05, 0) is 107 Å². The van der Waals surface area contributed by atoms with Crippen LogP contribution >= 0.6 is 0 Å². The van der Waals surface area contributed by atoms with Crippen molar-refractivity contribution >= 4 is 10.8 Å². The van der Waals surface area contributed by atoms with E-state index in [-0.39, 0.29) is 5.41 Å². The average Bonchev–Trinajstić information content (AvgIpc) is 3.11. The smallest absolute Gasteiger partial charge is 0.164 e. The van der Waals surface area contributed by atoms with Gasteiger partial charge in [0.1, 0.15) is 0 Å². The molecule has 0 spiro atoms. The molecule has 2 saturated carbocycles. The lowest BCUT2D eigenvalue weighted by Crippen LogP contribution is -2.42. The maximum absolute atomic E-state index is 9.28. The van der Waals surface area contributed by atoms with Gasteiger partial charge in [-0.3, -0.25) is 0 Å². The van der Waals surface area contributed by atoms with Crippen LogP contribution in [0, 0.1) is 29.1 Å². The molecule has 0 amide bonds. The van der Waals surface area contributed by atoms with Gasteiger partial charge in [0.15, 0.2) is 17.5 Å². The van der Waals surface area contributed by atoms with Crippen LogP contribution in [-0.4, -0.2) is 15.0 Å². The summed E-state index contributed by atoms with van der Waals surface area (Å²) in [5.41, 5.74) is 7.60. The molecular formula is C43H38N4. The zero-order valence-electron chi connectivity index (χ0n) is 27.0. The van der Waals surface area contributed by atoms with Crippen molar-refractivity contribution in [3.05, 3.63) is 126 Å². The third kappa shape index (κ3) is 5.51. The second-order valence-corrected chi connectivity index (χ2v) is 14.1. The number of nitrogens with zero attached hydrogens (tertiary/aromatic N) is 4. The van der Waals surface area contributed by atoms with Crippen LogP contribution in [-0.2, 0) is 5.41 Å². The monoisotopic (exact) mass is 610 g/mol. The largest absolute Gasteiger partial charge is 0.208 e. The first-order valence-corrected chi connectivity index (χ1v) is 16.9. The van der Waals surface area contributed by atoms with Gasteiger partial charge < -0.3 is 0 Å². The molecule has 0 aliphatic heterocycles. The molecule has 0 saturated heterocycles. The molecule has 1 aromatic heterocycles. The maximum Gasteiger partial charge on any atom is 0.164 e. The number of aromatic nitrogens is 3. The fraction of sp³-hybridized carbons (Fsp3) is 0.256. The minimum absolute atomic E-state index is 0.282. The lowest BCUT2D eigenvalue weighted by Gasteiger charge is -2.51. The molecule has 1 heterocycles. The maximum atomic E-state index is 9.28. The summed E-state index contributed by atoms with van der Waals surface area (Å²) in [6.07, 6.45) is 6.70. The second-order valence-electron chi connectivity index (χ2n) is 14.1. The second kappa shape index (κ2) is 11.9. The van der Waals surface area contributed by atoms with Gasteiger partial charge in [-0.2, -0.15) is 5.26 Å². The van der Waals surface area contributed by atoms with Crippen LogP contribution in [0.25, 0.3) is 56.1 Å². The molecule has 8 rings (SSSR count). The molecule has 4 heteroatoms. The molecule has 2 aliphatic rings. The summed E-state index contributed by atoms with van der Waals surface area (Å²) in [5.74, 6) is 4.24. The average molecular weight is 611 g/mol. The minimum atomic E-state index is 0.282. The van der Waals surface area contributed by atoms with E-state index < -0.39 is 0 Å². The molecule has 4 nitrogen and oxygen atoms in total. The van der Waals surface area contributed by atoms with Crippen LogP contribution in [0.15, 0.2) is 115 Å². The molecule has 6 aromatic rings. The van der Waals surface area contributed by atoms with Crippen molar-refractivity contribution in [3.63, 3.8) is 0 Å². The van der Waals surface area contributed by atoms with E-state index in [0.29, 0.717) is 23.0 Å². The molecule has 47 heavy (non-hydrogen) atoms. The van der Waals surface area contributed by atoms with Gasteiger partial charge in [-0.1, -0.05) is 105 Å². The van der Waals surface area contributed by atoms with Gasteiger partial charge in [0.2, 0.25) is 0 Å². The van der Waals surface area contributed by atoms with E-state index in [1.807, 2.05) is 42.5 Å². The standard InChI is InChI=1S/C43H38N4/c1-28-22-31-23-29(2)25-43(24-28,26-31)39-21-20-36(37-10-6-7-11-38(37)39)32-16-18-35(19-17-32)42-46-40(33-8-4-3-5-9-33)45-41(47-42)34-14-12-30(27-44)13-15-34/h3-21,28-29,31H,22-26H2,1-2H3/t28-,29+,31?,43?. The van der Waals surface area contributed by atoms with Crippen molar-refractivity contribution in [1.82, 2.24) is 15.0 Å². The van der Waals surface area contributed by atoms with E-state index in [1.165, 1.54) is 54.0 Å². The lowest BCUT2D eigenvalue weighted by atomic mass is 9.54. The van der Waals surface area contributed by atoms with Crippen molar-refractivity contribution in [2.45, 2.75) is 51.4 Å². The van der Waals surface area contributed by atoms with Crippen molar-refractivity contribution in [3.8, 4) is 51.4 Å². The number of fused-ring (bicyclic) bond motifs is 3. The van der Waals surface area contributed by atoms with Gasteiger partial charge in [-0.15, -0.1) is 0 Å². The Bertz CT molecular complexity index is 2090. The first-order chi connectivity index (χ1) is 23.0. The quantitative estimate of drug-likeness (QED) is 0.195. The molecule has 4 atom stereocenters. The Balaban J connectivity index is 1.18. The van der Waals surface area contributed by atoms with E-state index in [2.05, 4.69) is 80.6 Å². The molecule has 2 fully saturated rings. The molecule has 2 aliphatic carbocycles. The number of hydrogen-bond acceptors (Lipinski definition) is 4. The van der Waals surface area contributed by atoms with Crippen LogP contribution in [0.5, 0.6) is 0 Å². The predicted molar refractivity (Wildman–Crippen MR) is 190 cm³/mol. The Hall–Kier alpha value is -5.14. The van der Waals surface area contributed by atoms with Gasteiger partial charge in [0, 0.05) is 16.7 Å². The highest BCUT2D eigenvalue weighted by atomic mass is 15.0. The third-order valence-electron chi connectivity index (χ3n) is 10.5. The molecule has 0 N–H and O–H groups in total. The predicted octanol–water partition coefficient (Wildman–Crippen LogP) is 10.7. The lowest BCUT2D eigenvalue weighted by molar-refractivity contribution is 0.0790. The molecule has 5 aromatic carbocycles. The number of benzene rings is 5. The molecule has 0 radical (unpaired) electrons. The Morgan fingerprint density at radius 3 is 1.66 bits per heavy atom. The Morgan fingerprint density at radius 1 is 0.553 bits per heavy atom. The summed E-state index contributed by atoms with van der Waals surface area (Å²) in [7, 11) is 0. The zero-order valence-corrected chi connectivity index (χ0v) is 27.0. The van der Waals surface area contributed by atoms with Crippen LogP contribution in [0.4, 0.5) is 0 Å². The number of rotatable bonds is 5. The van der Waals surface area contributed by atoms with E-state index in [9.17, 15) is 5.26 Å². The third-order valence-corrected chi connectivity index (χ3v) is 10.5. The van der Waals surface area contributed by atoms with Crippen LogP contribution in [0.1, 0.15) is 57.1 Å². The highest BCUT2D eigenvalue weighted by molar-refractivity contribution is 5.99. The van der Waals surface area contributed by atoms with Crippen molar-refractivity contribution < 1.29 is 0 Å². The minimum Gasteiger partial charge on any atom is -0.208 e. The van der Waals surface area contributed by atoms with Gasteiger partial charge in [0.25, 0.3) is 0 Å². The highest BCUT2D eigenvalue weighted by Crippen LogP contribution is 2.55. The fourth-order valence-electron chi connectivity index (χ4n) is 8.89. The normalized spacial score (nSPS) is 22.1. The Morgan fingerprint density at radius 2 is 1.06 bits per heavy atom. The molecular weight excluding hydrogens is 573 g/mol. The number of hydrogen-bond donors (Lipinski definition) is 0. The Kier molecular flexibility index (Phi) is 7.41. The van der Waals surface area contributed by atoms with Crippen LogP contribution < -0.4 is 0 Å². The van der Waals surface area contributed by atoms with Crippen molar-refractivity contribution in [1.29, 1.82) is 5.26 Å². The van der Waals surface area contributed by atoms with E-state index in [0.717, 1.165) is 34.4 Å². The first-order valence-electron chi connectivity index (χ1n) is 16.9. The number of nitriles is 1. The Labute approximate surface area is 277 Å². The van der Waals surface area contributed by atoms with Gasteiger partial charge in [-0.25, -0.2) is 15.0 Å². The summed E-state index contributed by atoms with van der Waals surface area (Å²) >= 11 is 0.